The minimum absolute atomic E-state index is 0. The van der Waals surface area contributed by atoms with Crippen molar-refractivity contribution in [2.75, 3.05) is 0 Å². The van der Waals surface area contributed by atoms with Crippen LogP contribution in [0.5, 0.6) is 0 Å². The van der Waals surface area contributed by atoms with E-state index in [9.17, 15) is 14.2 Å². The molecule has 0 aliphatic carbocycles. The topological polar surface area (TPSA) is 153 Å². The Morgan fingerprint density at radius 3 is 1.94 bits per heavy atom. The van der Waals surface area contributed by atoms with Crippen LogP contribution in [0.25, 0.3) is 0 Å². The third kappa shape index (κ3) is 3.71. The molecular weight excluding hydrogens is 285 g/mol. The number of nitrogens with zero attached hydrogens (tertiary/aromatic N) is 2. The van der Waals surface area contributed by atoms with Crippen LogP contribution in [-0.2, 0) is 15.7 Å². The molecule has 1 aromatic heterocycles. The summed E-state index contributed by atoms with van der Waals surface area (Å²) in [6.45, 7) is -0.957. The van der Waals surface area contributed by atoms with Crippen molar-refractivity contribution < 1.29 is 33.8 Å². The third-order valence-corrected chi connectivity index (χ3v) is 5.60. The quantitative estimate of drug-likeness (QED) is 0.323. The molecule has 0 bridgehead atoms. The average molecular weight is 296 g/mol. The Kier molecular flexibility index (Phi) is 5.78. The second kappa shape index (κ2) is 5.63. The predicted octanol–water partition coefficient (Wildman–Crippen LogP) is -1.76. The van der Waals surface area contributed by atoms with Gasteiger partial charge in [0.2, 0.25) is 0 Å². The van der Waals surface area contributed by atoms with Crippen molar-refractivity contribution in [2.45, 2.75) is 11.6 Å². The number of hydrogen-bond donors (Lipinski definition) is 5. The van der Waals surface area contributed by atoms with Gasteiger partial charge in [-0.2, -0.15) is 0 Å². The summed E-state index contributed by atoms with van der Waals surface area (Å²) in [6.07, 6.45) is 3.51. The van der Waals surface area contributed by atoms with Crippen molar-refractivity contribution in [2.24, 2.45) is 0 Å². The van der Waals surface area contributed by atoms with Gasteiger partial charge in [-0.15, -0.1) is 0 Å². The zero-order valence-corrected chi connectivity index (χ0v) is 9.57. The molecule has 0 saturated carbocycles. The molecule has 9 nitrogen and oxygen atoms in total. The first-order valence-corrected chi connectivity index (χ1v) is 7.10. The van der Waals surface area contributed by atoms with E-state index >= 15 is 0 Å². The minimum atomic E-state index is -5.41. The molecule has 0 amide bonds. The molecule has 0 saturated heterocycles. The van der Waals surface area contributed by atoms with Crippen molar-refractivity contribution in [3.8, 4) is 0 Å². The molecule has 0 unspecified atom stereocenters. The summed E-state index contributed by atoms with van der Waals surface area (Å²) in [6, 6.07) is 0. The molecule has 1 heterocycles. The van der Waals surface area contributed by atoms with Crippen molar-refractivity contribution >= 4 is 44.7 Å². The molecule has 0 aromatic carbocycles. The monoisotopic (exact) mass is 296 g/mol. The van der Waals surface area contributed by atoms with E-state index in [2.05, 4.69) is 4.98 Å². The molecule has 0 spiro atoms. The summed E-state index contributed by atoms with van der Waals surface area (Å²) in [4.78, 5) is 38.7. The second-order valence-corrected chi connectivity index (χ2v) is 7.11. The van der Waals surface area contributed by atoms with Crippen LogP contribution >= 0.6 is 15.2 Å². The first-order chi connectivity index (χ1) is 7.08. The van der Waals surface area contributed by atoms with E-state index in [1.54, 1.807) is 0 Å². The van der Waals surface area contributed by atoms with E-state index < -0.39 is 26.8 Å². The number of rotatable bonds is 4. The molecule has 0 aliphatic heterocycles. The first kappa shape index (κ1) is 17.5. The predicted molar refractivity (Wildman–Crippen MR) is 58.4 cm³/mol. The molecule has 0 fully saturated rings. The van der Waals surface area contributed by atoms with Gasteiger partial charge in [-0.05, 0) is 0 Å². The molecule has 94 valence electrons. The summed E-state index contributed by atoms with van der Waals surface area (Å²) < 4.78 is 22.8. The summed E-state index contributed by atoms with van der Waals surface area (Å²) in [5, 5.41) is 6.04. The molecule has 1 rings (SSSR count). The number of aromatic nitrogens is 2. The maximum atomic E-state index is 10.9. The Morgan fingerprint density at radius 2 is 1.65 bits per heavy atom. The molecule has 12 heteroatoms. The molecule has 17 heavy (non-hydrogen) atoms. The van der Waals surface area contributed by atoms with Crippen LogP contribution in [0.2, 0.25) is 0 Å². The average Bonchev–Trinajstić information content (AvgIpc) is 2.52. The summed E-state index contributed by atoms with van der Waals surface area (Å²) >= 11 is 0. The number of imidazole rings is 1. The van der Waals surface area contributed by atoms with Gasteiger partial charge in [-0.3, -0.25) is 9.13 Å². The Bertz CT molecular complexity index is 429. The van der Waals surface area contributed by atoms with E-state index in [-0.39, 0.29) is 29.6 Å². The van der Waals surface area contributed by atoms with Crippen molar-refractivity contribution in [3.63, 3.8) is 0 Å². The van der Waals surface area contributed by atoms with Gasteiger partial charge in [-0.25, -0.2) is 4.98 Å². The van der Waals surface area contributed by atoms with Crippen molar-refractivity contribution in [1.82, 2.24) is 9.55 Å². The Hall–Kier alpha value is 0.470. The molecule has 0 radical (unpaired) electrons. The molecule has 0 atom stereocenters. The Balaban J connectivity index is 0.00000256. The van der Waals surface area contributed by atoms with Gasteiger partial charge in [0.15, 0.2) is 0 Å². The number of hydrogen-bond acceptors (Lipinski definition) is 4. The SMILES string of the molecule is O=P(O)(O)C(O)(Cn1ccnc1)P(=O)(O)O.[NaH]. The van der Waals surface area contributed by atoms with Gasteiger partial charge in [0, 0.05) is 12.4 Å². The standard InChI is InChI=1S/C5H10N2O7P2.Na.H/c8-5(15(9,10)11,16(12,13)14)3-7-2-1-6-4-7;;/h1-2,4,8H,3H2,(H2,9,10,11)(H2,12,13,14);;. The van der Waals surface area contributed by atoms with Gasteiger partial charge < -0.3 is 29.2 Å². The van der Waals surface area contributed by atoms with E-state index in [4.69, 9.17) is 19.6 Å². The summed E-state index contributed by atoms with van der Waals surface area (Å²) in [5.41, 5.74) is 0. The molecular formula is C5H11N2NaO7P2. The van der Waals surface area contributed by atoms with Crippen LogP contribution in [-0.4, -0.2) is 68.9 Å². The fourth-order valence-electron chi connectivity index (χ4n) is 0.979. The normalized spacial score (nSPS) is 13.2. The first-order valence-electron chi connectivity index (χ1n) is 3.87. The van der Waals surface area contributed by atoms with Crippen molar-refractivity contribution in [1.29, 1.82) is 0 Å². The van der Waals surface area contributed by atoms with Crippen LogP contribution in [0.15, 0.2) is 18.7 Å². The zero-order chi connectivity index (χ0) is 12.6. The van der Waals surface area contributed by atoms with Crippen LogP contribution in [0.4, 0.5) is 0 Å². The van der Waals surface area contributed by atoms with Crippen LogP contribution in [0.3, 0.4) is 0 Å². The van der Waals surface area contributed by atoms with Gasteiger partial charge in [0.05, 0.1) is 12.9 Å². The van der Waals surface area contributed by atoms with Crippen LogP contribution in [0, 0.1) is 0 Å². The van der Waals surface area contributed by atoms with Crippen LogP contribution in [0.1, 0.15) is 0 Å². The van der Waals surface area contributed by atoms with E-state index in [0.717, 1.165) is 10.9 Å². The van der Waals surface area contributed by atoms with E-state index in [1.165, 1.54) is 12.4 Å². The number of aliphatic hydroxyl groups is 1. The Labute approximate surface area is 118 Å². The second-order valence-electron chi connectivity index (χ2n) is 3.10. The molecule has 5 N–H and O–H groups in total. The molecule has 0 aliphatic rings. The third-order valence-electron chi connectivity index (χ3n) is 1.89. The Morgan fingerprint density at radius 1 is 1.18 bits per heavy atom. The van der Waals surface area contributed by atoms with Gasteiger partial charge >= 0.3 is 44.7 Å². The summed E-state index contributed by atoms with van der Waals surface area (Å²) in [5.74, 6) is 0. The fourth-order valence-corrected chi connectivity index (χ4v) is 3.03. The van der Waals surface area contributed by atoms with Crippen LogP contribution < -0.4 is 0 Å². The summed E-state index contributed by atoms with van der Waals surface area (Å²) in [7, 11) is -10.8. The molecule has 1 aromatic rings. The van der Waals surface area contributed by atoms with Gasteiger partial charge in [0.25, 0.3) is 5.08 Å². The zero-order valence-electron chi connectivity index (χ0n) is 7.78. The fraction of sp³-hybridized carbons (Fsp3) is 0.400. The van der Waals surface area contributed by atoms with Crippen molar-refractivity contribution in [3.05, 3.63) is 18.7 Å². The van der Waals surface area contributed by atoms with Gasteiger partial charge in [-0.1, -0.05) is 0 Å². The van der Waals surface area contributed by atoms with E-state index in [1.807, 2.05) is 0 Å². The maximum absolute atomic E-state index is 10.9. The van der Waals surface area contributed by atoms with Gasteiger partial charge in [0.1, 0.15) is 0 Å². The van der Waals surface area contributed by atoms with E-state index in [0.29, 0.717) is 0 Å².